The second-order valence-electron chi connectivity index (χ2n) is 13.6. The molecule has 1 atom stereocenters. The first-order valence-electron chi connectivity index (χ1n) is 17.5. The summed E-state index contributed by atoms with van der Waals surface area (Å²) >= 11 is 0. The van der Waals surface area contributed by atoms with Crippen molar-refractivity contribution in [3.05, 3.63) is 71.0 Å². The predicted molar refractivity (Wildman–Crippen MR) is 185 cm³/mol. The van der Waals surface area contributed by atoms with Gasteiger partial charge in [0.2, 0.25) is 12.5 Å². The maximum absolute atomic E-state index is 13.3. The number of pyridine rings is 1. The molecule has 1 aliphatic carbocycles. The highest BCUT2D eigenvalue weighted by molar-refractivity contribution is 5.95. The zero-order chi connectivity index (χ0) is 33.0. The highest BCUT2D eigenvalue weighted by atomic mass is 16.5. The van der Waals surface area contributed by atoms with Gasteiger partial charge in [-0.05, 0) is 63.7 Å². The van der Waals surface area contributed by atoms with Gasteiger partial charge in [-0.2, -0.15) is 9.97 Å². The molecule has 4 aliphatic rings. The lowest BCUT2D eigenvalue weighted by Gasteiger charge is -2.41. The van der Waals surface area contributed by atoms with Gasteiger partial charge < -0.3 is 29.0 Å². The number of aromatic nitrogens is 3. The molecular formula is C37H47N8O3+. The Bertz CT molecular complexity index is 1710. The van der Waals surface area contributed by atoms with Crippen molar-refractivity contribution in [2.45, 2.75) is 57.7 Å². The standard InChI is InChI=1S/C37H47N8O3/c1-27-8-6-9-28-23-41(3)26-33(35(27)28)43-17-13-31-32(25-43)39-37(48-21-20-47-30-11-12-30)40-36(31)44-18-19-45(29(24-44)22-38-2)34(46)10-7-16-42-14-4-5-15-42/h6-10,23,26,29-30H,4-5,11-22,24-25H2,1,3H3/q+1/b10-7+/t29-/m0/s1. The SMILES string of the molecule is [C-]#[N+]C[C@H]1CN(c2nc(OCCOC3CC3)nc3c2CCN(c2c[n+](C)cc4cccc(C)c24)C3)CCN1C(=O)/C=C/CN1CCCC1. The number of amides is 1. The van der Waals surface area contributed by atoms with E-state index in [9.17, 15) is 4.79 Å². The molecule has 48 heavy (non-hydrogen) atoms. The second kappa shape index (κ2) is 14.5. The van der Waals surface area contributed by atoms with Gasteiger partial charge in [0.15, 0.2) is 12.4 Å². The van der Waals surface area contributed by atoms with Crippen molar-refractivity contribution in [1.82, 2.24) is 19.8 Å². The predicted octanol–water partition coefficient (Wildman–Crippen LogP) is 3.47. The van der Waals surface area contributed by atoms with Crippen molar-refractivity contribution >= 4 is 28.2 Å². The van der Waals surface area contributed by atoms with Crippen LogP contribution in [0.5, 0.6) is 6.01 Å². The number of hydrogen-bond donors (Lipinski definition) is 0. The summed E-state index contributed by atoms with van der Waals surface area (Å²) in [4.78, 5) is 36.0. The highest BCUT2D eigenvalue weighted by Gasteiger charge is 2.35. The second-order valence-corrected chi connectivity index (χ2v) is 13.6. The van der Waals surface area contributed by atoms with E-state index in [0.717, 1.165) is 62.5 Å². The van der Waals surface area contributed by atoms with E-state index in [1.165, 1.54) is 34.9 Å². The first-order valence-corrected chi connectivity index (χ1v) is 17.5. The lowest BCUT2D eigenvalue weighted by molar-refractivity contribution is -0.669. The molecule has 3 aromatic rings. The molecule has 0 N–H and O–H groups in total. The number of nitrogens with zero attached hydrogens (tertiary/aromatic N) is 8. The summed E-state index contributed by atoms with van der Waals surface area (Å²) in [5, 5.41) is 2.48. The average molecular weight is 652 g/mol. The quantitative estimate of drug-likeness (QED) is 0.135. The molecule has 11 heteroatoms. The third-order valence-corrected chi connectivity index (χ3v) is 9.98. The number of carbonyl (C=O) groups is 1. The van der Waals surface area contributed by atoms with E-state index in [-0.39, 0.29) is 18.5 Å². The van der Waals surface area contributed by atoms with Crippen LogP contribution in [0.25, 0.3) is 15.6 Å². The number of hydrogen-bond acceptors (Lipinski definition) is 8. The molecular weight excluding hydrogens is 604 g/mol. The van der Waals surface area contributed by atoms with E-state index in [4.69, 9.17) is 26.0 Å². The van der Waals surface area contributed by atoms with Crippen LogP contribution in [0.4, 0.5) is 11.5 Å². The number of anilines is 2. The molecule has 2 aromatic heterocycles. The topological polar surface area (TPSA) is 82.5 Å². The van der Waals surface area contributed by atoms with Gasteiger partial charge in [-0.25, -0.2) is 11.1 Å². The van der Waals surface area contributed by atoms with Crippen molar-refractivity contribution in [2.24, 2.45) is 7.05 Å². The van der Waals surface area contributed by atoms with Crippen molar-refractivity contribution in [2.75, 3.05) is 75.4 Å². The van der Waals surface area contributed by atoms with E-state index in [2.05, 4.69) is 68.7 Å². The Labute approximate surface area is 283 Å². The molecule has 7 rings (SSSR count). The number of carbonyl (C=O) groups excluding carboxylic acids is 1. The zero-order valence-corrected chi connectivity index (χ0v) is 28.3. The molecule has 0 spiro atoms. The summed E-state index contributed by atoms with van der Waals surface area (Å²) in [5.74, 6) is 0.852. The summed E-state index contributed by atoms with van der Waals surface area (Å²) in [5.41, 5.74) is 4.53. The van der Waals surface area contributed by atoms with Crippen LogP contribution >= 0.6 is 0 Å². The summed E-state index contributed by atoms with van der Waals surface area (Å²) < 4.78 is 14.1. The maximum Gasteiger partial charge on any atom is 0.318 e. The number of aryl methyl sites for hydroxylation is 2. The fourth-order valence-corrected chi connectivity index (χ4v) is 7.37. The molecule has 3 fully saturated rings. The molecule has 1 aromatic carbocycles. The molecule has 1 amide bonds. The average Bonchev–Trinajstić information content (AvgIpc) is 3.77. The van der Waals surface area contributed by atoms with E-state index in [1.54, 1.807) is 6.08 Å². The van der Waals surface area contributed by atoms with Gasteiger partial charge in [0, 0.05) is 55.1 Å². The molecule has 0 bridgehead atoms. The first kappa shape index (κ1) is 32.3. The summed E-state index contributed by atoms with van der Waals surface area (Å²) in [6, 6.07) is 6.60. The Morgan fingerprint density at radius 1 is 1.08 bits per heavy atom. The third-order valence-electron chi connectivity index (χ3n) is 9.98. The molecule has 0 unspecified atom stereocenters. The smallest absolute Gasteiger partial charge is 0.318 e. The highest BCUT2D eigenvalue weighted by Crippen LogP contribution is 2.35. The van der Waals surface area contributed by atoms with Crippen molar-refractivity contribution in [3.8, 4) is 6.01 Å². The molecule has 11 nitrogen and oxygen atoms in total. The van der Waals surface area contributed by atoms with Crippen molar-refractivity contribution in [3.63, 3.8) is 0 Å². The Hall–Kier alpha value is -4.27. The van der Waals surface area contributed by atoms with Gasteiger partial charge in [-0.15, -0.1) is 0 Å². The fraction of sp³-hybridized carbons (Fsp3) is 0.541. The van der Waals surface area contributed by atoms with Crippen LogP contribution in [-0.4, -0.2) is 103 Å². The van der Waals surface area contributed by atoms with E-state index >= 15 is 0 Å². The Morgan fingerprint density at radius 3 is 2.75 bits per heavy atom. The van der Waals surface area contributed by atoms with Gasteiger partial charge in [0.05, 0.1) is 24.9 Å². The van der Waals surface area contributed by atoms with Crippen molar-refractivity contribution < 1.29 is 18.8 Å². The fourth-order valence-electron chi connectivity index (χ4n) is 7.37. The van der Waals surface area contributed by atoms with Gasteiger partial charge in [0.1, 0.15) is 31.2 Å². The van der Waals surface area contributed by atoms with Crippen LogP contribution in [0.3, 0.4) is 0 Å². The molecule has 252 valence electrons. The minimum Gasteiger partial charge on any atom is -0.461 e. The zero-order valence-electron chi connectivity index (χ0n) is 28.3. The number of benzene rings is 1. The van der Waals surface area contributed by atoms with Gasteiger partial charge in [-0.1, -0.05) is 18.2 Å². The third kappa shape index (κ3) is 7.25. The van der Waals surface area contributed by atoms with Crippen LogP contribution < -0.4 is 19.1 Å². The number of fused-ring (bicyclic) bond motifs is 2. The minimum absolute atomic E-state index is 0.0129. The normalized spacial score (nSPS) is 20.0. The molecule has 5 heterocycles. The molecule has 0 radical (unpaired) electrons. The first-order chi connectivity index (χ1) is 23.5. The number of rotatable bonds is 11. The number of ether oxygens (including phenoxy) is 2. The van der Waals surface area contributed by atoms with E-state index < -0.39 is 0 Å². The summed E-state index contributed by atoms with van der Waals surface area (Å²) in [6.45, 7) is 17.2. The van der Waals surface area contributed by atoms with Crippen molar-refractivity contribution in [1.29, 1.82) is 0 Å². The van der Waals surface area contributed by atoms with Gasteiger partial charge >= 0.3 is 6.01 Å². The molecule has 2 saturated heterocycles. The monoisotopic (exact) mass is 651 g/mol. The summed E-state index contributed by atoms with van der Waals surface area (Å²) in [6.07, 6.45) is 13.9. The number of likely N-dealkylation sites (tertiary alicyclic amines) is 1. The van der Waals surface area contributed by atoms with Gasteiger partial charge in [0.25, 0.3) is 0 Å². The largest absolute Gasteiger partial charge is 0.461 e. The number of piperazine rings is 1. The summed E-state index contributed by atoms with van der Waals surface area (Å²) in [7, 11) is 2.08. The van der Waals surface area contributed by atoms with Crippen LogP contribution in [0.15, 0.2) is 42.7 Å². The van der Waals surface area contributed by atoms with Crippen LogP contribution in [0, 0.1) is 13.5 Å². The lowest BCUT2D eigenvalue weighted by Crippen LogP contribution is -2.56. The van der Waals surface area contributed by atoms with Crippen LogP contribution in [0.2, 0.25) is 0 Å². The van der Waals surface area contributed by atoms with Gasteiger partial charge in [-0.3, -0.25) is 9.69 Å². The Kier molecular flexibility index (Phi) is 9.73. The Balaban J connectivity index is 1.14. The minimum atomic E-state index is -0.221. The van der Waals surface area contributed by atoms with Crippen LogP contribution in [-0.2, 0) is 29.5 Å². The Morgan fingerprint density at radius 2 is 1.94 bits per heavy atom. The lowest BCUT2D eigenvalue weighted by atomic mass is 10.0. The molecule has 3 aliphatic heterocycles. The van der Waals surface area contributed by atoms with E-state index in [0.29, 0.717) is 51.5 Å². The maximum atomic E-state index is 13.3. The van der Waals surface area contributed by atoms with E-state index in [1.807, 2.05) is 11.0 Å². The van der Waals surface area contributed by atoms with Crippen LogP contribution in [0.1, 0.15) is 42.5 Å². The molecule has 1 saturated carbocycles.